The number of ketones is 1. The normalized spacial score (nSPS) is 17.3. The summed E-state index contributed by atoms with van der Waals surface area (Å²) in [7, 11) is 0. The molecule has 0 saturated heterocycles. The number of rotatable bonds is 8. The van der Waals surface area contributed by atoms with Crippen LogP contribution >= 0.6 is 0 Å². The highest BCUT2D eigenvalue weighted by Crippen LogP contribution is 2.26. The van der Waals surface area contributed by atoms with Gasteiger partial charge in [0, 0.05) is 5.92 Å². The van der Waals surface area contributed by atoms with Crippen LogP contribution in [-0.4, -0.2) is 30.8 Å². The fourth-order valence-electron chi connectivity index (χ4n) is 1.82. The van der Waals surface area contributed by atoms with Crippen molar-refractivity contribution in [3.8, 4) is 0 Å². The Labute approximate surface area is 102 Å². The fraction of sp³-hybridized carbons (Fsp3) is 0.833. The Hall–Kier alpha value is -0.940. The monoisotopic (exact) mass is 241 g/mol. The van der Waals surface area contributed by atoms with E-state index in [2.05, 4.69) is 5.32 Å². The summed E-state index contributed by atoms with van der Waals surface area (Å²) in [4.78, 5) is 23.1. The van der Waals surface area contributed by atoms with E-state index in [4.69, 9.17) is 11.5 Å². The van der Waals surface area contributed by atoms with E-state index in [1.165, 1.54) is 0 Å². The molecule has 0 aromatic carbocycles. The van der Waals surface area contributed by atoms with Gasteiger partial charge in [0.05, 0.1) is 12.6 Å². The number of carbonyl (C=O) groups excluding carboxylic acids is 2. The molecule has 0 bridgehead atoms. The van der Waals surface area contributed by atoms with Crippen molar-refractivity contribution < 1.29 is 9.59 Å². The minimum Gasteiger partial charge on any atom is -0.348 e. The van der Waals surface area contributed by atoms with Crippen LogP contribution in [0.4, 0.5) is 0 Å². The summed E-state index contributed by atoms with van der Waals surface area (Å²) >= 11 is 0. The maximum Gasteiger partial charge on any atom is 0.237 e. The summed E-state index contributed by atoms with van der Waals surface area (Å²) in [6.07, 6.45) is 5.42. The molecule has 1 rings (SSSR count). The lowest BCUT2D eigenvalue weighted by molar-refractivity contribution is -0.129. The van der Waals surface area contributed by atoms with Crippen LogP contribution in [0.5, 0.6) is 0 Å². The highest BCUT2D eigenvalue weighted by atomic mass is 16.2. The van der Waals surface area contributed by atoms with E-state index in [1.54, 1.807) is 0 Å². The minimum absolute atomic E-state index is 0.133. The topological polar surface area (TPSA) is 98.2 Å². The zero-order valence-corrected chi connectivity index (χ0v) is 10.3. The molecule has 0 aromatic heterocycles. The van der Waals surface area contributed by atoms with Crippen LogP contribution in [0.25, 0.3) is 0 Å². The third kappa shape index (κ3) is 4.83. The Bertz CT molecular complexity index is 264. The Kier molecular flexibility index (Phi) is 6.15. The van der Waals surface area contributed by atoms with Crippen LogP contribution in [0.15, 0.2) is 0 Å². The van der Waals surface area contributed by atoms with Gasteiger partial charge in [-0.25, -0.2) is 0 Å². The summed E-state index contributed by atoms with van der Waals surface area (Å²) in [6, 6.07) is -0.518. The van der Waals surface area contributed by atoms with Crippen molar-refractivity contribution in [3.63, 3.8) is 0 Å². The first-order valence-electron chi connectivity index (χ1n) is 6.41. The second-order valence-corrected chi connectivity index (χ2v) is 4.70. The molecule has 5 nitrogen and oxygen atoms in total. The van der Waals surface area contributed by atoms with E-state index >= 15 is 0 Å². The second-order valence-electron chi connectivity index (χ2n) is 4.70. The lowest BCUT2D eigenvalue weighted by Gasteiger charge is -2.24. The first-order chi connectivity index (χ1) is 8.15. The first-order valence-corrected chi connectivity index (χ1v) is 6.41. The van der Waals surface area contributed by atoms with Gasteiger partial charge in [-0.05, 0) is 32.2 Å². The average molecular weight is 241 g/mol. The number of carbonyl (C=O) groups is 2. The molecule has 0 aromatic rings. The van der Waals surface area contributed by atoms with Crippen LogP contribution in [0.2, 0.25) is 0 Å². The molecule has 1 aliphatic rings. The number of nitrogens with one attached hydrogen (secondary N) is 1. The van der Waals surface area contributed by atoms with Crippen molar-refractivity contribution in [2.45, 2.75) is 44.6 Å². The Morgan fingerprint density at radius 3 is 2.53 bits per heavy atom. The van der Waals surface area contributed by atoms with Crippen LogP contribution in [0, 0.1) is 5.92 Å². The van der Waals surface area contributed by atoms with Gasteiger partial charge in [-0.3, -0.25) is 9.59 Å². The number of unbranched alkanes of at least 4 members (excludes halogenated alkanes) is 1. The van der Waals surface area contributed by atoms with Crippen molar-refractivity contribution in [2.75, 3.05) is 13.1 Å². The number of hydrogen-bond acceptors (Lipinski definition) is 4. The summed E-state index contributed by atoms with van der Waals surface area (Å²) < 4.78 is 0. The van der Waals surface area contributed by atoms with Gasteiger partial charge in [-0.15, -0.1) is 0 Å². The Balaban J connectivity index is 2.12. The Morgan fingerprint density at radius 1 is 1.29 bits per heavy atom. The van der Waals surface area contributed by atoms with Gasteiger partial charge in [-0.2, -0.15) is 0 Å². The maximum absolute atomic E-state index is 11.6. The van der Waals surface area contributed by atoms with E-state index in [0.717, 1.165) is 32.1 Å². The third-order valence-electron chi connectivity index (χ3n) is 3.30. The smallest absolute Gasteiger partial charge is 0.237 e. The van der Waals surface area contributed by atoms with Crippen LogP contribution in [0.1, 0.15) is 38.5 Å². The van der Waals surface area contributed by atoms with E-state index in [-0.39, 0.29) is 24.2 Å². The lowest BCUT2D eigenvalue weighted by Crippen LogP contribution is -2.44. The minimum atomic E-state index is -0.518. The predicted molar refractivity (Wildman–Crippen MR) is 66.2 cm³/mol. The molecular weight excluding hydrogens is 218 g/mol. The van der Waals surface area contributed by atoms with Gasteiger partial charge in [-0.1, -0.05) is 12.8 Å². The quantitative estimate of drug-likeness (QED) is 0.518. The molecule has 1 fully saturated rings. The summed E-state index contributed by atoms with van der Waals surface area (Å²) in [6.45, 7) is 0.753. The van der Waals surface area contributed by atoms with Crippen molar-refractivity contribution in [3.05, 3.63) is 0 Å². The Morgan fingerprint density at radius 2 is 2.00 bits per heavy atom. The molecule has 0 heterocycles. The fourth-order valence-corrected chi connectivity index (χ4v) is 1.82. The molecule has 0 unspecified atom stereocenters. The van der Waals surface area contributed by atoms with E-state index in [9.17, 15) is 9.59 Å². The number of Topliss-reactive ketones (excluding diaryl/α,β-unsaturated/α-hetero) is 1. The standard InChI is InChI=1S/C12H23N3O2/c13-7-2-1-6-10(14)12(17)15-8-11(16)9-4-3-5-9/h9-10H,1-8,13-14H2,(H,15,17)/t10-/m0/s1. The van der Waals surface area contributed by atoms with Crippen LogP contribution < -0.4 is 16.8 Å². The van der Waals surface area contributed by atoms with Crippen LogP contribution in [-0.2, 0) is 9.59 Å². The van der Waals surface area contributed by atoms with Crippen molar-refractivity contribution in [1.29, 1.82) is 0 Å². The van der Waals surface area contributed by atoms with Gasteiger partial charge in [0.25, 0.3) is 0 Å². The molecule has 5 N–H and O–H groups in total. The van der Waals surface area contributed by atoms with Gasteiger partial charge < -0.3 is 16.8 Å². The summed E-state index contributed by atoms with van der Waals surface area (Å²) in [5.74, 6) is 0.0808. The largest absolute Gasteiger partial charge is 0.348 e. The van der Waals surface area contributed by atoms with E-state index < -0.39 is 6.04 Å². The molecule has 98 valence electrons. The molecule has 1 atom stereocenters. The second kappa shape index (κ2) is 7.40. The molecule has 5 heteroatoms. The first kappa shape index (κ1) is 14.1. The lowest BCUT2D eigenvalue weighted by atomic mass is 9.82. The molecule has 0 spiro atoms. The zero-order chi connectivity index (χ0) is 12.7. The van der Waals surface area contributed by atoms with Crippen molar-refractivity contribution in [2.24, 2.45) is 17.4 Å². The molecular formula is C12H23N3O2. The highest BCUT2D eigenvalue weighted by Gasteiger charge is 2.25. The SMILES string of the molecule is NCCCC[C@H](N)C(=O)NCC(=O)C1CCC1. The molecule has 0 aliphatic heterocycles. The van der Waals surface area contributed by atoms with Gasteiger partial charge >= 0.3 is 0 Å². The maximum atomic E-state index is 11.6. The molecule has 17 heavy (non-hydrogen) atoms. The third-order valence-corrected chi connectivity index (χ3v) is 3.30. The number of hydrogen-bond donors (Lipinski definition) is 3. The summed E-state index contributed by atoms with van der Waals surface area (Å²) in [5, 5.41) is 2.61. The van der Waals surface area contributed by atoms with Crippen molar-refractivity contribution >= 4 is 11.7 Å². The number of amides is 1. The van der Waals surface area contributed by atoms with Gasteiger partial charge in [0.2, 0.25) is 5.91 Å². The molecule has 0 radical (unpaired) electrons. The van der Waals surface area contributed by atoms with E-state index in [0.29, 0.717) is 13.0 Å². The van der Waals surface area contributed by atoms with E-state index in [1.807, 2.05) is 0 Å². The summed E-state index contributed by atoms with van der Waals surface area (Å²) in [5.41, 5.74) is 11.1. The van der Waals surface area contributed by atoms with Gasteiger partial charge in [0.1, 0.15) is 0 Å². The average Bonchev–Trinajstić information content (AvgIpc) is 2.23. The predicted octanol–water partition coefficient (Wildman–Crippen LogP) is -0.0719. The van der Waals surface area contributed by atoms with Crippen molar-refractivity contribution in [1.82, 2.24) is 5.32 Å². The number of nitrogens with two attached hydrogens (primary N) is 2. The zero-order valence-electron chi connectivity index (χ0n) is 10.3. The molecule has 1 amide bonds. The highest BCUT2D eigenvalue weighted by molar-refractivity contribution is 5.89. The molecule has 1 saturated carbocycles. The molecule has 1 aliphatic carbocycles. The van der Waals surface area contributed by atoms with Gasteiger partial charge in [0.15, 0.2) is 5.78 Å². The van der Waals surface area contributed by atoms with Crippen LogP contribution in [0.3, 0.4) is 0 Å².